The molecule has 0 fully saturated rings. The summed E-state index contributed by atoms with van der Waals surface area (Å²) in [6, 6.07) is 8.30. The molecule has 3 N–H and O–H groups in total. The molecule has 2 nitrogen and oxygen atoms in total. The maximum Gasteiger partial charge on any atom is 0.129 e. The quantitative estimate of drug-likeness (QED) is 0.635. The van der Waals surface area contributed by atoms with Crippen LogP contribution >= 0.6 is 27.5 Å². The lowest BCUT2D eigenvalue weighted by molar-refractivity contribution is 0.496. The highest BCUT2D eigenvalue weighted by Gasteiger charge is 2.19. The molecule has 0 saturated carbocycles. The van der Waals surface area contributed by atoms with Crippen LogP contribution in [-0.2, 0) is 6.42 Å². The van der Waals surface area contributed by atoms with E-state index in [1.807, 2.05) is 0 Å². The van der Waals surface area contributed by atoms with Gasteiger partial charge < -0.3 is 0 Å². The summed E-state index contributed by atoms with van der Waals surface area (Å²) in [6.07, 6.45) is 0.183. The molecule has 20 heavy (non-hydrogen) atoms. The summed E-state index contributed by atoms with van der Waals surface area (Å²) in [5, 5.41) is 0.421. The molecule has 0 spiro atoms. The molecule has 2 rings (SSSR count). The van der Waals surface area contributed by atoms with Crippen molar-refractivity contribution in [2.24, 2.45) is 5.84 Å². The lowest BCUT2D eigenvalue weighted by Crippen LogP contribution is -2.30. The highest BCUT2D eigenvalue weighted by Crippen LogP contribution is 2.29. The van der Waals surface area contributed by atoms with Crippen LogP contribution < -0.4 is 11.3 Å². The molecule has 0 saturated heterocycles. The fraction of sp³-hybridized carbons (Fsp3) is 0.143. The number of rotatable bonds is 4. The van der Waals surface area contributed by atoms with Crippen molar-refractivity contribution in [3.63, 3.8) is 0 Å². The summed E-state index contributed by atoms with van der Waals surface area (Å²) >= 11 is 9.13. The maximum absolute atomic E-state index is 13.9. The predicted molar refractivity (Wildman–Crippen MR) is 79.3 cm³/mol. The molecule has 0 bridgehead atoms. The van der Waals surface area contributed by atoms with Crippen molar-refractivity contribution < 1.29 is 8.78 Å². The molecular weight excluding hydrogens is 350 g/mol. The highest BCUT2D eigenvalue weighted by molar-refractivity contribution is 9.10. The summed E-state index contributed by atoms with van der Waals surface area (Å²) in [6.45, 7) is 0. The second-order valence-electron chi connectivity index (χ2n) is 4.29. The van der Waals surface area contributed by atoms with Crippen molar-refractivity contribution >= 4 is 27.5 Å². The first-order valence-electron chi connectivity index (χ1n) is 5.87. The number of nitrogens with two attached hydrogens (primary N) is 1. The Morgan fingerprint density at radius 2 is 1.95 bits per heavy atom. The van der Waals surface area contributed by atoms with E-state index in [9.17, 15) is 8.78 Å². The largest absolute Gasteiger partial charge is 0.271 e. The number of hydrogen-bond acceptors (Lipinski definition) is 2. The van der Waals surface area contributed by atoms with Gasteiger partial charge in [0.25, 0.3) is 0 Å². The lowest BCUT2D eigenvalue weighted by Gasteiger charge is -2.19. The Bertz CT molecular complexity index is 602. The molecule has 6 heteroatoms. The Balaban J connectivity index is 2.36. The Morgan fingerprint density at radius 1 is 1.20 bits per heavy atom. The molecule has 2 aromatic rings. The van der Waals surface area contributed by atoms with Gasteiger partial charge in [-0.1, -0.05) is 33.6 Å². The molecule has 0 heterocycles. The fourth-order valence-corrected chi connectivity index (χ4v) is 2.82. The first-order chi connectivity index (χ1) is 9.52. The number of nitrogens with one attached hydrogen (secondary N) is 1. The van der Waals surface area contributed by atoms with Crippen LogP contribution in [0.2, 0.25) is 5.02 Å². The number of hydrazine groups is 1. The van der Waals surface area contributed by atoms with Gasteiger partial charge in [-0.25, -0.2) is 8.78 Å². The minimum atomic E-state index is -0.571. The second kappa shape index (κ2) is 6.63. The predicted octanol–water partition coefficient (Wildman–Crippen LogP) is 4.13. The van der Waals surface area contributed by atoms with Crippen molar-refractivity contribution in [3.8, 4) is 0 Å². The Labute approximate surface area is 129 Å². The summed E-state index contributed by atoms with van der Waals surface area (Å²) in [7, 11) is 0. The molecule has 0 radical (unpaired) electrons. The molecule has 106 valence electrons. The van der Waals surface area contributed by atoms with Gasteiger partial charge in [-0.05, 0) is 42.3 Å². The smallest absolute Gasteiger partial charge is 0.129 e. The molecule has 0 aromatic heterocycles. The van der Waals surface area contributed by atoms with Crippen LogP contribution in [0.15, 0.2) is 40.9 Å². The van der Waals surface area contributed by atoms with Crippen LogP contribution in [0.4, 0.5) is 8.78 Å². The topological polar surface area (TPSA) is 38.0 Å². The van der Waals surface area contributed by atoms with Crippen LogP contribution in [0, 0.1) is 11.6 Å². The molecule has 2 aromatic carbocycles. The third-order valence-electron chi connectivity index (χ3n) is 2.98. The molecule has 0 aliphatic carbocycles. The number of halogens is 4. The minimum Gasteiger partial charge on any atom is -0.271 e. The molecule has 1 atom stereocenters. The molecule has 0 aliphatic rings. The average molecular weight is 362 g/mol. The third-order valence-corrected chi connectivity index (χ3v) is 3.91. The second-order valence-corrected chi connectivity index (χ2v) is 5.59. The first kappa shape index (κ1) is 15.4. The van der Waals surface area contributed by atoms with Gasteiger partial charge in [0.1, 0.15) is 11.6 Å². The van der Waals surface area contributed by atoms with Crippen LogP contribution in [0.5, 0.6) is 0 Å². The van der Waals surface area contributed by atoms with E-state index in [1.165, 1.54) is 24.3 Å². The zero-order chi connectivity index (χ0) is 14.7. The summed E-state index contributed by atoms with van der Waals surface area (Å²) in [5.41, 5.74) is 3.24. The third kappa shape index (κ3) is 3.35. The Hall–Kier alpha value is -1.01. The fourth-order valence-electron chi connectivity index (χ4n) is 2.01. The van der Waals surface area contributed by atoms with Gasteiger partial charge in [0.05, 0.1) is 6.04 Å². The van der Waals surface area contributed by atoms with Gasteiger partial charge in [0.15, 0.2) is 0 Å². The van der Waals surface area contributed by atoms with Crippen LogP contribution in [0.1, 0.15) is 17.2 Å². The summed E-state index contributed by atoms with van der Waals surface area (Å²) in [5.74, 6) is 4.67. The van der Waals surface area contributed by atoms with Crippen LogP contribution in [0.3, 0.4) is 0 Å². The van der Waals surface area contributed by atoms with Gasteiger partial charge in [0.2, 0.25) is 0 Å². The van der Waals surface area contributed by atoms with E-state index in [4.69, 9.17) is 17.4 Å². The van der Waals surface area contributed by atoms with Gasteiger partial charge in [-0.15, -0.1) is 0 Å². The number of hydrogen-bond donors (Lipinski definition) is 2. The number of benzene rings is 2. The van der Waals surface area contributed by atoms with Gasteiger partial charge in [0, 0.05) is 15.1 Å². The van der Waals surface area contributed by atoms with E-state index in [-0.39, 0.29) is 6.42 Å². The van der Waals surface area contributed by atoms with Crippen molar-refractivity contribution in [2.45, 2.75) is 12.5 Å². The van der Waals surface area contributed by atoms with Crippen molar-refractivity contribution in [1.82, 2.24) is 5.43 Å². The lowest BCUT2D eigenvalue weighted by atomic mass is 9.98. The van der Waals surface area contributed by atoms with Crippen molar-refractivity contribution in [2.75, 3.05) is 0 Å². The van der Waals surface area contributed by atoms with E-state index in [0.717, 1.165) is 0 Å². The normalized spacial score (nSPS) is 12.4. The standard InChI is InChI=1S/C14H12BrClF2N2/c15-10-2-1-3-12(18)14(10)13(20-19)7-8-6-9(16)4-5-11(8)17/h1-6,13,20H,7,19H2. The zero-order valence-electron chi connectivity index (χ0n) is 10.3. The molecule has 0 amide bonds. The van der Waals surface area contributed by atoms with Gasteiger partial charge in [-0.2, -0.15) is 0 Å². The van der Waals surface area contributed by atoms with E-state index >= 15 is 0 Å². The Morgan fingerprint density at radius 3 is 2.60 bits per heavy atom. The van der Waals surface area contributed by atoms with Crippen LogP contribution in [0.25, 0.3) is 0 Å². The summed E-state index contributed by atoms with van der Waals surface area (Å²) in [4.78, 5) is 0. The van der Waals surface area contributed by atoms with Crippen LogP contribution in [-0.4, -0.2) is 0 Å². The SMILES string of the molecule is NNC(Cc1cc(Cl)ccc1F)c1c(F)cccc1Br. The molecule has 1 unspecified atom stereocenters. The van der Waals surface area contributed by atoms with E-state index in [0.29, 0.717) is 20.6 Å². The van der Waals surface area contributed by atoms with E-state index in [1.54, 1.807) is 12.1 Å². The zero-order valence-corrected chi connectivity index (χ0v) is 12.7. The van der Waals surface area contributed by atoms with Crippen molar-refractivity contribution in [1.29, 1.82) is 0 Å². The van der Waals surface area contributed by atoms with Crippen molar-refractivity contribution in [3.05, 3.63) is 68.7 Å². The molecule has 0 aliphatic heterocycles. The van der Waals surface area contributed by atoms with Gasteiger partial charge >= 0.3 is 0 Å². The summed E-state index contributed by atoms with van der Waals surface area (Å²) < 4.78 is 28.2. The minimum absolute atomic E-state index is 0.183. The Kier molecular flexibility index (Phi) is 5.10. The first-order valence-corrected chi connectivity index (χ1v) is 7.04. The highest BCUT2D eigenvalue weighted by atomic mass is 79.9. The van der Waals surface area contributed by atoms with E-state index < -0.39 is 17.7 Å². The maximum atomic E-state index is 13.9. The molecular formula is C14H12BrClF2N2. The average Bonchev–Trinajstić information content (AvgIpc) is 2.41. The van der Waals surface area contributed by atoms with Gasteiger partial charge in [-0.3, -0.25) is 11.3 Å². The van der Waals surface area contributed by atoms with E-state index in [2.05, 4.69) is 21.4 Å². The monoisotopic (exact) mass is 360 g/mol.